The molecule has 1 aliphatic rings. The van der Waals surface area contributed by atoms with Crippen molar-refractivity contribution < 1.29 is 23.5 Å². The molecule has 1 aromatic carbocycles. The molecule has 0 bridgehead atoms. The molecule has 1 atom stereocenters. The quantitative estimate of drug-likeness (QED) is 0.748. The third kappa shape index (κ3) is 6.24. The van der Waals surface area contributed by atoms with E-state index in [1.165, 1.54) is 0 Å². The number of hydrogen-bond acceptors (Lipinski definition) is 6. The number of carbonyl (C=O) groups is 2. The molecule has 1 aliphatic heterocycles. The number of rotatable bonds is 5. The van der Waals surface area contributed by atoms with Crippen LogP contribution in [0.1, 0.15) is 58.9 Å². The molecule has 3 rings (SSSR count). The Hall–Kier alpha value is -3.03. The van der Waals surface area contributed by atoms with Gasteiger partial charge >= 0.3 is 6.09 Å². The summed E-state index contributed by atoms with van der Waals surface area (Å²) in [5.74, 6) is 1.70. The molecule has 2 amide bonds. The maximum absolute atomic E-state index is 13.3. The number of benzene rings is 1. The summed E-state index contributed by atoms with van der Waals surface area (Å²) >= 11 is 0. The van der Waals surface area contributed by atoms with Crippen LogP contribution in [-0.4, -0.2) is 40.1 Å². The van der Waals surface area contributed by atoms with Crippen molar-refractivity contribution in [1.29, 1.82) is 0 Å². The van der Waals surface area contributed by atoms with E-state index in [0.29, 0.717) is 31.2 Å². The van der Waals surface area contributed by atoms with Gasteiger partial charge in [0, 0.05) is 13.0 Å². The van der Waals surface area contributed by atoms with Gasteiger partial charge in [0.05, 0.1) is 12.2 Å². The monoisotopic (exact) mass is 443 g/mol. The van der Waals surface area contributed by atoms with Crippen molar-refractivity contribution in [3.8, 4) is 5.75 Å². The van der Waals surface area contributed by atoms with E-state index in [1.54, 1.807) is 25.7 Å². The number of aromatic nitrogens is 1. The van der Waals surface area contributed by atoms with Crippen LogP contribution in [0.3, 0.4) is 0 Å². The van der Waals surface area contributed by atoms with Gasteiger partial charge in [-0.2, -0.15) is 0 Å². The molecule has 1 aromatic heterocycles. The molecule has 0 fully saturated rings. The molecule has 0 saturated carbocycles. The second-order valence-electron chi connectivity index (χ2n) is 10.0. The molecule has 1 N–H and O–H groups in total. The minimum atomic E-state index is -0.734. The Balaban J connectivity index is 1.66. The van der Waals surface area contributed by atoms with Gasteiger partial charge in [0.2, 0.25) is 11.8 Å². The highest BCUT2D eigenvalue weighted by molar-refractivity contribution is 5.86. The van der Waals surface area contributed by atoms with Crippen molar-refractivity contribution in [3.05, 3.63) is 47.7 Å². The second kappa shape index (κ2) is 9.22. The molecular formula is C24H33N3O5. The van der Waals surface area contributed by atoms with Gasteiger partial charge in [-0.1, -0.05) is 39.0 Å². The number of ether oxygens (including phenoxy) is 2. The van der Waals surface area contributed by atoms with Crippen LogP contribution < -0.4 is 10.1 Å². The average Bonchev–Trinajstić information content (AvgIpc) is 3.11. The number of alkyl carbamates (subject to hydrolysis) is 1. The minimum Gasteiger partial charge on any atom is -0.484 e. The summed E-state index contributed by atoms with van der Waals surface area (Å²) in [7, 11) is 0. The lowest BCUT2D eigenvalue weighted by Gasteiger charge is -2.36. The number of nitrogens with one attached hydrogen (secondary N) is 1. The molecule has 32 heavy (non-hydrogen) atoms. The highest BCUT2D eigenvalue weighted by atomic mass is 16.6. The number of amides is 2. The van der Waals surface area contributed by atoms with Crippen LogP contribution in [-0.2, 0) is 29.1 Å². The van der Waals surface area contributed by atoms with E-state index in [9.17, 15) is 9.59 Å². The Kier molecular flexibility index (Phi) is 6.81. The molecule has 8 heteroatoms. The van der Waals surface area contributed by atoms with Crippen LogP contribution in [0.25, 0.3) is 0 Å². The van der Waals surface area contributed by atoms with E-state index in [1.807, 2.05) is 51.1 Å². The summed E-state index contributed by atoms with van der Waals surface area (Å²) in [4.78, 5) is 31.9. The van der Waals surface area contributed by atoms with E-state index in [-0.39, 0.29) is 12.5 Å². The summed E-state index contributed by atoms with van der Waals surface area (Å²) in [5, 5.41) is 2.76. The fourth-order valence-electron chi connectivity index (χ4n) is 3.42. The number of fused-ring (bicyclic) bond motifs is 1. The summed E-state index contributed by atoms with van der Waals surface area (Å²) in [5.41, 5.74) is -0.300. The van der Waals surface area contributed by atoms with Gasteiger partial charge in [-0.15, -0.1) is 0 Å². The second-order valence-corrected chi connectivity index (χ2v) is 10.0. The SMILES string of the molecule is CC(C)(C)OC(=O)NC(C(=O)N1CCc2nc(COc3ccccc3)oc2C1)C(C)(C)C. The van der Waals surface area contributed by atoms with Gasteiger partial charge < -0.3 is 24.1 Å². The molecule has 8 nitrogen and oxygen atoms in total. The number of para-hydroxylation sites is 1. The van der Waals surface area contributed by atoms with Crippen molar-refractivity contribution in [2.75, 3.05) is 6.54 Å². The maximum Gasteiger partial charge on any atom is 0.408 e. The van der Waals surface area contributed by atoms with Gasteiger partial charge in [-0.05, 0) is 38.3 Å². The van der Waals surface area contributed by atoms with E-state index in [0.717, 1.165) is 11.4 Å². The highest BCUT2D eigenvalue weighted by Crippen LogP contribution is 2.26. The van der Waals surface area contributed by atoms with Crippen LogP contribution in [0.5, 0.6) is 5.75 Å². The van der Waals surface area contributed by atoms with Crippen molar-refractivity contribution in [2.24, 2.45) is 5.41 Å². The zero-order valence-corrected chi connectivity index (χ0v) is 19.7. The van der Waals surface area contributed by atoms with Crippen molar-refractivity contribution in [2.45, 2.75) is 72.8 Å². The minimum absolute atomic E-state index is 0.174. The van der Waals surface area contributed by atoms with E-state index >= 15 is 0 Å². The fourth-order valence-corrected chi connectivity index (χ4v) is 3.42. The largest absolute Gasteiger partial charge is 0.484 e. The third-order valence-corrected chi connectivity index (χ3v) is 4.97. The van der Waals surface area contributed by atoms with Crippen molar-refractivity contribution >= 4 is 12.0 Å². The van der Waals surface area contributed by atoms with Gasteiger partial charge in [0.1, 0.15) is 23.2 Å². The van der Waals surface area contributed by atoms with Crippen LogP contribution >= 0.6 is 0 Å². The zero-order valence-electron chi connectivity index (χ0n) is 19.7. The van der Waals surface area contributed by atoms with Crippen LogP contribution in [0.2, 0.25) is 0 Å². The Bertz CT molecular complexity index is 941. The predicted octanol–water partition coefficient (Wildman–Crippen LogP) is 4.08. The number of carbonyl (C=O) groups excluding carboxylic acids is 2. The molecule has 1 unspecified atom stereocenters. The molecule has 0 aliphatic carbocycles. The number of hydrogen-bond donors (Lipinski definition) is 1. The number of oxazole rings is 1. The van der Waals surface area contributed by atoms with Gasteiger partial charge in [0.25, 0.3) is 0 Å². The first-order valence-corrected chi connectivity index (χ1v) is 10.9. The summed E-state index contributed by atoms with van der Waals surface area (Å²) in [6.07, 6.45) is -0.0253. The van der Waals surface area contributed by atoms with Gasteiger partial charge in [-0.3, -0.25) is 4.79 Å². The Morgan fingerprint density at radius 3 is 2.47 bits per heavy atom. The maximum atomic E-state index is 13.3. The molecule has 2 aromatic rings. The normalized spacial score (nSPS) is 15.0. The Labute approximate surface area is 189 Å². The first kappa shape index (κ1) is 23.6. The van der Waals surface area contributed by atoms with Crippen LogP contribution in [0, 0.1) is 5.41 Å². The molecule has 0 saturated heterocycles. The molecule has 174 valence electrons. The van der Waals surface area contributed by atoms with Crippen LogP contribution in [0.15, 0.2) is 34.7 Å². The van der Waals surface area contributed by atoms with Gasteiger partial charge in [0.15, 0.2) is 6.61 Å². The Morgan fingerprint density at radius 2 is 1.84 bits per heavy atom. The highest BCUT2D eigenvalue weighted by Gasteiger charge is 2.38. The predicted molar refractivity (Wildman–Crippen MR) is 119 cm³/mol. The summed E-state index contributed by atoms with van der Waals surface area (Å²) < 4.78 is 17.0. The molecule has 0 radical (unpaired) electrons. The topological polar surface area (TPSA) is 93.9 Å². The lowest BCUT2D eigenvalue weighted by molar-refractivity contribution is -0.137. The molecule has 2 heterocycles. The first-order chi connectivity index (χ1) is 14.9. The van der Waals surface area contributed by atoms with E-state index < -0.39 is 23.2 Å². The lowest BCUT2D eigenvalue weighted by atomic mass is 9.85. The smallest absolute Gasteiger partial charge is 0.408 e. The summed E-state index contributed by atoms with van der Waals surface area (Å²) in [6.45, 7) is 12.1. The lowest BCUT2D eigenvalue weighted by Crippen LogP contribution is -2.56. The van der Waals surface area contributed by atoms with E-state index in [2.05, 4.69) is 10.3 Å². The van der Waals surface area contributed by atoms with Crippen molar-refractivity contribution in [1.82, 2.24) is 15.2 Å². The van der Waals surface area contributed by atoms with Crippen molar-refractivity contribution in [3.63, 3.8) is 0 Å². The number of nitrogens with zero attached hydrogens (tertiary/aromatic N) is 2. The zero-order chi connectivity index (χ0) is 23.5. The Morgan fingerprint density at radius 1 is 1.16 bits per heavy atom. The molecule has 0 spiro atoms. The van der Waals surface area contributed by atoms with E-state index in [4.69, 9.17) is 13.9 Å². The fraction of sp³-hybridized carbons (Fsp3) is 0.542. The summed E-state index contributed by atoms with van der Waals surface area (Å²) in [6, 6.07) is 8.72. The molecular weight excluding hydrogens is 410 g/mol. The first-order valence-electron chi connectivity index (χ1n) is 10.9. The van der Waals surface area contributed by atoms with Gasteiger partial charge in [-0.25, -0.2) is 9.78 Å². The third-order valence-electron chi connectivity index (χ3n) is 4.97. The standard InChI is InChI=1S/C24H33N3O5/c1-23(2,3)20(26-22(29)32-24(4,5)6)21(28)27-13-12-17-18(14-27)31-19(25-17)15-30-16-10-8-7-9-11-16/h7-11,20H,12-15H2,1-6H3,(H,26,29). The average molecular weight is 444 g/mol. The van der Waals surface area contributed by atoms with Crippen LogP contribution in [0.4, 0.5) is 4.79 Å².